The summed E-state index contributed by atoms with van der Waals surface area (Å²) < 4.78 is 5.19. The van der Waals surface area contributed by atoms with E-state index < -0.39 is 12.1 Å². The topological polar surface area (TPSA) is 208 Å². The highest BCUT2D eigenvalue weighted by molar-refractivity contribution is 6.10. The van der Waals surface area contributed by atoms with Crippen LogP contribution in [-0.2, 0) is 11.8 Å². The quantitative estimate of drug-likeness (QED) is 0.197. The molecule has 3 aliphatic rings. The molecule has 1 aliphatic carbocycles. The van der Waals surface area contributed by atoms with Gasteiger partial charge >= 0.3 is 6.03 Å². The average Bonchev–Trinajstić information content (AvgIpc) is 4.01. The lowest BCUT2D eigenvalue weighted by Gasteiger charge is -2.37. The lowest BCUT2D eigenvalue weighted by Crippen LogP contribution is -2.49. The molecule has 3 amide bonds. The fourth-order valence-electron chi connectivity index (χ4n) is 8.69. The zero-order valence-corrected chi connectivity index (χ0v) is 33.0. The van der Waals surface area contributed by atoms with Crippen molar-refractivity contribution in [1.29, 1.82) is 10.5 Å². The van der Waals surface area contributed by atoms with Gasteiger partial charge < -0.3 is 10.2 Å². The number of rotatable bonds is 10. The van der Waals surface area contributed by atoms with Crippen molar-refractivity contribution in [2.75, 3.05) is 54.4 Å². The first-order valence-electron chi connectivity index (χ1n) is 20.1. The summed E-state index contributed by atoms with van der Waals surface area (Å²) in [6, 6.07) is 13.2. The molecule has 2 saturated heterocycles. The van der Waals surface area contributed by atoms with Crippen molar-refractivity contribution < 1.29 is 9.59 Å². The smallest absolute Gasteiger partial charge is 0.329 e. The third kappa shape index (κ3) is 7.38. The summed E-state index contributed by atoms with van der Waals surface area (Å²) in [5.74, 6) is 1.83. The number of nitrogens with zero attached hydrogens (tertiary/aromatic N) is 14. The van der Waals surface area contributed by atoms with Crippen LogP contribution < -0.4 is 20.4 Å². The Morgan fingerprint density at radius 3 is 2.59 bits per heavy atom. The number of fused-ring (bicyclic) bond motifs is 2. The Morgan fingerprint density at radius 1 is 0.983 bits per heavy atom. The molecule has 18 heteroatoms. The number of urea groups is 1. The second-order valence-corrected chi connectivity index (χ2v) is 15.7. The summed E-state index contributed by atoms with van der Waals surface area (Å²) in [7, 11) is 1.91. The molecular weight excluding hydrogens is 749 g/mol. The van der Waals surface area contributed by atoms with Gasteiger partial charge in [0.2, 0.25) is 5.91 Å². The van der Waals surface area contributed by atoms with Crippen LogP contribution in [-0.4, -0.2) is 107 Å². The van der Waals surface area contributed by atoms with Gasteiger partial charge in [0.05, 0.1) is 52.8 Å². The lowest BCUT2D eigenvalue weighted by molar-refractivity contribution is -0.120. The van der Waals surface area contributed by atoms with E-state index in [-0.39, 0.29) is 12.3 Å². The van der Waals surface area contributed by atoms with E-state index in [0.29, 0.717) is 52.6 Å². The highest BCUT2D eigenvalue weighted by Gasteiger charge is 2.30. The van der Waals surface area contributed by atoms with Gasteiger partial charge in [-0.2, -0.15) is 25.4 Å². The van der Waals surface area contributed by atoms with E-state index >= 15 is 0 Å². The molecule has 0 radical (unpaired) electrons. The summed E-state index contributed by atoms with van der Waals surface area (Å²) in [6.45, 7) is 6.96. The van der Waals surface area contributed by atoms with Crippen LogP contribution in [0.1, 0.15) is 62.6 Å². The monoisotopic (exact) mass is 792 g/mol. The minimum Gasteiger partial charge on any atom is -0.368 e. The second-order valence-electron chi connectivity index (χ2n) is 15.7. The number of pyridine rings is 2. The van der Waals surface area contributed by atoms with E-state index in [1.165, 1.54) is 12.6 Å². The predicted octanol–water partition coefficient (Wildman–Crippen LogP) is 4.41. The SMILES string of the molecule is C[C@H](C#N)Nc1cc(-n2ncc3cc(C#N)cnc32)ncc1-n1cc(C2CCC(CCN3CCN(c4cccc5c(N6CCC(=O)NC6=O)nn(C)c45)CC3)CC2)nn1. The minimum atomic E-state index is -0.473. The highest BCUT2D eigenvalue weighted by Crippen LogP contribution is 2.38. The van der Waals surface area contributed by atoms with Crippen molar-refractivity contribution in [2.45, 2.75) is 57.4 Å². The lowest BCUT2D eigenvalue weighted by atomic mass is 9.79. The Hall–Kier alpha value is -6.92. The Labute approximate surface area is 340 Å². The van der Waals surface area contributed by atoms with Crippen LogP contribution in [0.15, 0.2) is 55.1 Å². The molecule has 1 saturated carbocycles. The maximum Gasteiger partial charge on any atom is 0.329 e. The van der Waals surface area contributed by atoms with Gasteiger partial charge in [-0.1, -0.05) is 11.3 Å². The highest BCUT2D eigenvalue weighted by atomic mass is 16.2. The number of piperazine rings is 1. The zero-order chi connectivity index (χ0) is 40.6. The molecule has 2 N–H and O–H groups in total. The van der Waals surface area contributed by atoms with Gasteiger partial charge in [-0.3, -0.25) is 24.6 Å². The number of imide groups is 1. The predicted molar refractivity (Wildman–Crippen MR) is 219 cm³/mol. The number of aryl methyl sites for hydroxylation is 1. The van der Waals surface area contributed by atoms with E-state index in [2.05, 4.69) is 64.0 Å². The van der Waals surface area contributed by atoms with E-state index in [1.54, 1.807) is 39.6 Å². The summed E-state index contributed by atoms with van der Waals surface area (Å²) in [5.41, 5.74) is 5.42. The number of anilines is 3. The second kappa shape index (κ2) is 15.8. The third-order valence-corrected chi connectivity index (χ3v) is 11.9. The largest absolute Gasteiger partial charge is 0.368 e. The molecule has 6 aromatic rings. The maximum atomic E-state index is 12.6. The number of amides is 3. The van der Waals surface area contributed by atoms with Gasteiger partial charge in [0, 0.05) is 75.1 Å². The molecule has 1 aromatic carbocycles. The van der Waals surface area contributed by atoms with Gasteiger partial charge in [0.25, 0.3) is 0 Å². The Balaban J connectivity index is 0.798. The molecule has 9 rings (SSSR count). The average molecular weight is 793 g/mol. The van der Waals surface area contributed by atoms with Gasteiger partial charge in [0.15, 0.2) is 17.3 Å². The fraction of sp³-hybridized carbons (Fsp3) is 0.415. The number of hydrogen-bond donors (Lipinski definition) is 2. The van der Waals surface area contributed by atoms with E-state index in [9.17, 15) is 20.1 Å². The number of benzene rings is 1. The summed E-state index contributed by atoms with van der Waals surface area (Å²) >= 11 is 0. The number of aromatic nitrogens is 9. The number of para-hydroxylation sites is 1. The minimum absolute atomic E-state index is 0.257. The normalized spacial score (nSPS) is 19.5. The molecule has 3 fully saturated rings. The van der Waals surface area contributed by atoms with Crippen molar-refractivity contribution in [3.05, 3.63) is 66.4 Å². The molecule has 7 heterocycles. The Bertz CT molecular complexity index is 2630. The van der Waals surface area contributed by atoms with Crippen LogP contribution in [0.5, 0.6) is 0 Å². The van der Waals surface area contributed by atoms with Crippen molar-refractivity contribution in [3.8, 4) is 23.6 Å². The molecule has 0 spiro atoms. The van der Waals surface area contributed by atoms with Crippen LogP contribution in [0.4, 0.5) is 22.0 Å². The molecule has 18 nitrogen and oxygen atoms in total. The molecule has 59 heavy (non-hydrogen) atoms. The number of carbonyl (C=O) groups excluding carboxylic acids is 2. The number of hydrogen-bond acceptors (Lipinski definition) is 13. The van der Waals surface area contributed by atoms with Crippen molar-refractivity contribution >= 4 is 51.1 Å². The van der Waals surface area contributed by atoms with Gasteiger partial charge in [-0.25, -0.2) is 19.4 Å². The molecule has 0 bridgehead atoms. The van der Waals surface area contributed by atoms with Crippen LogP contribution in [0, 0.1) is 28.6 Å². The van der Waals surface area contributed by atoms with Gasteiger partial charge in [-0.05, 0) is 69.7 Å². The van der Waals surface area contributed by atoms with Crippen LogP contribution in [0.3, 0.4) is 0 Å². The van der Waals surface area contributed by atoms with E-state index in [4.69, 9.17) is 5.10 Å². The molecule has 0 unspecified atom stereocenters. The number of nitriles is 2. The molecule has 300 valence electrons. The zero-order valence-electron chi connectivity index (χ0n) is 33.0. The van der Waals surface area contributed by atoms with Crippen molar-refractivity contribution in [1.82, 2.24) is 54.7 Å². The van der Waals surface area contributed by atoms with Crippen LogP contribution in [0.2, 0.25) is 0 Å². The van der Waals surface area contributed by atoms with E-state index in [0.717, 1.165) is 86.1 Å². The standard InChI is InChI=1S/C41H44N16O2/c1-26(20-42)47-32-19-36(57-39-30(23-46-57)18-28(21-43)22-45-39)44-24-35(32)56-25-33(49-51-56)29-8-6-27(7-9-29)10-12-53-14-16-54(17-15-53)34-5-3-4-31-38(34)52(2)50-40(31)55-13-11-37(58)48-41(55)59/h3-5,18-19,22-27,29H,6-17H2,1-2H3,(H,44,47)(H,48,58,59)/t26-,27?,29?/m1/s1. The molecular formula is C41H44N16O2. The van der Waals surface area contributed by atoms with Crippen LogP contribution in [0.25, 0.3) is 33.4 Å². The maximum absolute atomic E-state index is 12.6. The molecule has 1 atom stereocenters. The summed E-state index contributed by atoms with van der Waals surface area (Å²) in [6.07, 6.45) is 12.7. The first kappa shape index (κ1) is 37.6. The number of nitrogens with one attached hydrogen (secondary N) is 2. The van der Waals surface area contributed by atoms with Crippen LogP contribution >= 0.6 is 0 Å². The first-order chi connectivity index (χ1) is 28.8. The van der Waals surface area contributed by atoms with Gasteiger partial charge in [-0.15, -0.1) is 5.10 Å². The Kier molecular flexibility index (Phi) is 10.1. The molecule has 5 aromatic heterocycles. The summed E-state index contributed by atoms with van der Waals surface area (Å²) in [5, 5.41) is 44.5. The first-order valence-corrected chi connectivity index (χ1v) is 20.1. The van der Waals surface area contributed by atoms with Crippen molar-refractivity contribution in [3.63, 3.8) is 0 Å². The Morgan fingerprint density at radius 2 is 1.81 bits per heavy atom. The summed E-state index contributed by atoms with van der Waals surface area (Å²) in [4.78, 5) is 40.0. The molecule has 2 aliphatic heterocycles. The number of carbonyl (C=O) groups is 2. The fourth-order valence-corrected chi connectivity index (χ4v) is 8.69. The van der Waals surface area contributed by atoms with E-state index in [1.807, 2.05) is 36.1 Å². The third-order valence-electron chi connectivity index (χ3n) is 11.9. The van der Waals surface area contributed by atoms with Gasteiger partial charge in [0.1, 0.15) is 17.8 Å². The van der Waals surface area contributed by atoms with Crippen molar-refractivity contribution in [2.24, 2.45) is 13.0 Å².